The lowest BCUT2D eigenvalue weighted by molar-refractivity contribution is -0.0167. The van der Waals surface area contributed by atoms with Gasteiger partial charge in [-0.1, -0.05) is 25.1 Å². The van der Waals surface area contributed by atoms with E-state index in [-0.39, 0.29) is 6.04 Å². The van der Waals surface area contributed by atoms with Gasteiger partial charge in [0, 0.05) is 24.2 Å². The molecule has 3 aromatic rings. The van der Waals surface area contributed by atoms with Crippen molar-refractivity contribution < 1.29 is 9.15 Å². The van der Waals surface area contributed by atoms with Gasteiger partial charge in [0.25, 0.3) is 0 Å². The Morgan fingerprint density at radius 2 is 1.89 bits per heavy atom. The van der Waals surface area contributed by atoms with Gasteiger partial charge in [-0.2, -0.15) is 5.10 Å². The first kappa shape index (κ1) is 17.9. The van der Waals surface area contributed by atoms with Gasteiger partial charge in [0.15, 0.2) is 0 Å². The molecule has 27 heavy (non-hydrogen) atoms. The molecule has 0 spiro atoms. The Kier molecular flexibility index (Phi) is 5.05. The summed E-state index contributed by atoms with van der Waals surface area (Å²) in [6.45, 7) is 8.99. The summed E-state index contributed by atoms with van der Waals surface area (Å²) in [7, 11) is 0. The van der Waals surface area contributed by atoms with Crippen molar-refractivity contribution >= 4 is 0 Å². The van der Waals surface area contributed by atoms with Crippen LogP contribution in [0.25, 0.3) is 5.69 Å². The molecule has 0 aliphatic carbocycles. The smallest absolute Gasteiger partial charge is 0.230 e. The van der Waals surface area contributed by atoms with E-state index >= 15 is 0 Å². The fourth-order valence-electron chi connectivity index (χ4n) is 3.72. The van der Waals surface area contributed by atoms with Crippen molar-refractivity contribution in [1.29, 1.82) is 0 Å². The van der Waals surface area contributed by atoms with E-state index in [1.54, 1.807) is 0 Å². The Morgan fingerprint density at radius 1 is 1.11 bits per heavy atom. The molecule has 4 rings (SSSR count). The fourth-order valence-corrected chi connectivity index (χ4v) is 3.72. The quantitative estimate of drug-likeness (QED) is 0.690. The zero-order valence-corrected chi connectivity index (χ0v) is 16.1. The summed E-state index contributed by atoms with van der Waals surface area (Å²) < 4.78 is 13.6. The normalized spacial score (nSPS) is 18.1. The predicted octanol–water partition coefficient (Wildman–Crippen LogP) is 3.01. The number of aromatic nitrogens is 4. The van der Waals surface area contributed by atoms with Crippen molar-refractivity contribution in [2.75, 3.05) is 19.8 Å². The first-order valence-corrected chi connectivity index (χ1v) is 9.42. The third-order valence-electron chi connectivity index (χ3n) is 5.07. The number of morpholine rings is 1. The van der Waals surface area contributed by atoms with E-state index in [0.717, 1.165) is 30.0 Å². The first-order chi connectivity index (χ1) is 13.2. The molecule has 7 nitrogen and oxygen atoms in total. The minimum Gasteiger partial charge on any atom is -0.424 e. The monoisotopic (exact) mass is 367 g/mol. The highest BCUT2D eigenvalue weighted by molar-refractivity contribution is 5.38. The molecule has 1 saturated heterocycles. The topological polar surface area (TPSA) is 69.2 Å². The molecular weight excluding hydrogens is 342 g/mol. The minimum absolute atomic E-state index is 0.119. The van der Waals surface area contributed by atoms with Crippen LogP contribution in [0.5, 0.6) is 0 Å². The maximum absolute atomic E-state index is 5.81. The number of hydrogen-bond donors (Lipinski definition) is 0. The zero-order chi connectivity index (χ0) is 18.8. The fraction of sp³-hybridized carbons (Fsp3) is 0.450. The summed E-state index contributed by atoms with van der Waals surface area (Å²) in [4.78, 5) is 2.35. The largest absolute Gasteiger partial charge is 0.424 e. The standard InChI is InChI=1S/C20H25N5O2/c1-4-18-21-22-19(27-18)12-24-10-11-26-13-17(24)20-14(2)23-25(15(20)3)16-8-6-5-7-9-16/h5-9,17H,4,10-13H2,1-3H3/t17-/m0/s1. The molecule has 1 aliphatic heterocycles. The highest BCUT2D eigenvalue weighted by atomic mass is 16.5. The number of nitrogens with zero attached hydrogens (tertiary/aromatic N) is 5. The molecule has 0 N–H and O–H groups in total. The molecule has 142 valence electrons. The lowest BCUT2D eigenvalue weighted by atomic mass is 10.0. The van der Waals surface area contributed by atoms with Crippen molar-refractivity contribution in [3.8, 4) is 5.69 Å². The summed E-state index contributed by atoms with van der Waals surface area (Å²) >= 11 is 0. The van der Waals surface area contributed by atoms with E-state index in [0.29, 0.717) is 31.5 Å². The Labute approximate surface area is 159 Å². The van der Waals surface area contributed by atoms with Crippen LogP contribution in [0, 0.1) is 13.8 Å². The summed E-state index contributed by atoms with van der Waals surface area (Å²) in [6, 6.07) is 10.3. The van der Waals surface area contributed by atoms with Crippen LogP contribution in [-0.4, -0.2) is 44.6 Å². The van der Waals surface area contributed by atoms with Crippen LogP contribution in [-0.2, 0) is 17.7 Å². The van der Waals surface area contributed by atoms with Crippen LogP contribution < -0.4 is 0 Å². The average molecular weight is 367 g/mol. The Hall–Kier alpha value is -2.51. The molecule has 0 radical (unpaired) electrons. The van der Waals surface area contributed by atoms with Gasteiger partial charge in [0.05, 0.1) is 37.2 Å². The maximum Gasteiger partial charge on any atom is 0.230 e. The third kappa shape index (κ3) is 3.52. The lowest BCUT2D eigenvalue weighted by Gasteiger charge is -2.35. The molecule has 0 saturated carbocycles. The summed E-state index contributed by atoms with van der Waals surface area (Å²) in [5.74, 6) is 1.34. The van der Waals surface area contributed by atoms with Gasteiger partial charge in [-0.05, 0) is 26.0 Å². The maximum atomic E-state index is 5.81. The second-order valence-corrected chi connectivity index (χ2v) is 6.84. The number of rotatable bonds is 5. The molecule has 1 fully saturated rings. The summed E-state index contributed by atoms with van der Waals surface area (Å²) in [5, 5.41) is 13.1. The zero-order valence-electron chi connectivity index (χ0n) is 16.1. The van der Waals surface area contributed by atoms with Gasteiger partial charge in [-0.15, -0.1) is 10.2 Å². The second-order valence-electron chi connectivity index (χ2n) is 6.84. The summed E-state index contributed by atoms with van der Waals surface area (Å²) in [5.41, 5.74) is 4.45. The van der Waals surface area contributed by atoms with E-state index in [2.05, 4.69) is 41.1 Å². The molecule has 0 bridgehead atoms. The van der Waals surface area contributed by atoms with Crippen LogP contribution >= 0.6 is 0 Å². The van der Waals surface area contributed by atoms with Crippen molar-refractivity contribution in [2.24, 2.45) is 0 Å². The van der Waals surface area contributed by atoms with Crippen molar-refractivity contribution in [2.45, 2.75) is 39.8 Å². The van der Waals surface area contributed by atoms with E-state index in [4.69, 9.17) is 14.3 Å². The van der Waals surface area contributed by atoms with Gasteiger partial charge in [-0.25, -0.2) is 4.68 Å². The van der Waals surface area contributed by atoms with Crippen molar-refractivity contribution in [3.05, 3.63) is 59.1 Å². The van der Waals surface area contributed by atoms with Gasteiger partial charge in [0.2, 0.25) is 11.8 Å². The van der Waals surface area contributed by atoms with E-state index in [1.807, 2.05) is 29.8 Å². The number of hydrogen-bond acceptors (Lipinski definition) is 6. The summed E-state index contributed by atoms with van der Waals surface area (Å²) in [6.07, 6.45) is 0.752. The van der Waals surface area contributed by atoms with E-state index in [1.165, 1.54) is 5.56 Å². The van der Waals surface area contributed by atoms with Crippen LogP contribution in [0.15, 0.2) is 34.7 Å². The number of aryl methyl sites for hydroxylation is 2. The Bertz CT molecular complexity index is 902. The molecule has 1 aromatic carbocycles. The number of benzene rings is 1. The SMILES string of the molecule is CCc1nnc(CN2CCOC[C@H]2c2c(C)nn(-c3ccccc3)c2C)o1. The molecule has 3 heterocycles. The van der Waals surface area contributed by atoms with Gasteiger partial charge in [0.1, 0.15) is 0 Å². The first-order valence-electron chi connectivity index (χ1n) is 9.42. The molecule has 2 aromatic heterocycles. The van der Waals surface area contributed by atoms with Crippen LogP contribution in [0.1, 0.15) is 41.7 Å². The predicted molar refractivity (Wildman–Crippen MR) is 101 cm³/mol. The molecule has 7 heteroatoms. The van der Waals surface area contributed by atoms with E-state index < -0.39 is 0 Å². The van der Waals surface area contributed by atoms with Crippen LogP contribution in [0.2, 0.25) is 0 Å². The minimum atomic E-state index is 0.119. The van der Waals surface area contributed by atoms with Gasteiger partial charge < -0.3 is 9.15 Å². The van der Waals surface area contributed by atoms with Gasteiger partial charge >= 0.3 is 0 Å². The van der Waals surface area contributed by atoms with Crippen molar-refractivity contribution in [1.82, 2.24) is 24.9 Å². The Morgan fingerprint density at radius 3 is 2.63 bits per heavy atom. The van der Waals surface area contributed by atoms with Crippen molar-refractivity contribution in [3.63, 3.8) is 0 Å². The Balaban J connectivity index is 1.65. The van der Waals surface area contributed by atoms with E-state index in [9.17, 15) is 0 Å². The highest BCUT2D eigenvalue weighted by Crippen LogP contribution is 2.31. The van der Waals surface area contributed by atoms with Gasteiger partial charge in [-0.3, -0.25) is 4.90 Å². The lowest BCUT2D eigenvalue weighted by Crippen LogP contribution is -2.39. The molecule has 1 atom stereocenters. The van der Waals surface area contributed by atoms with Crippen LogP contribution in [0.4, 0.5) is 0 Å². The number of para-hydroxylation sites is 1. The highest BCUT2D eigenvalue weighted by Gasteiger charge is 2.31. The molecule has 0 amide bonds. The molecular formula is C20H25N5O2. The van der Waals surface area contributed by atoms with Crippen LogP contribution in [0.3, 0.4) is 0 Å². The number of ether oxygens (including phenoxy) is 1. The molecule has 1 aliphatic rings. The third-order valence-corrected chi connectivity index (χ3v) is 5.07. The average Bonchev–Trinajstić information content (AvgIpc) is 3.27. The molecule has 0 unspecified atom stereocenters. The second kappa shape index (κ2) is 7.62.